The molecule has 0 bridgehead atoms. The highest BCUT2D eigenvalue weighted by Crippen LogP contribution is 2.37. The Hall–Kier alpha value is -5.52. The van der Waals surface area contributed by atoms with Crippen molar-refractivity contribution in [3.8, 4) is 10.6 Å². The number of methoxy groups -OCH3 is 1. The number of benzene rings is 2. The SMILES string of the molecule is COC(=O)C(CO[Si](c1ccccc1)(c1ccccc1)C(C)(C)C)NC(=O)C(COC(C)=O)NC(=O)c1csc(-c2cnc(NC(=O)OC(C)(C)C)nc2)n1. The highest BCUT2D eigenvalue weighted by molar-refractivity contribution is 7.13. The first-order chi connectivity index (χ1) is 25.9. The van der Waals surface area contributed by atoms with Gasteiger partial charge >= 0.3 is 18.0 Å². The molecule has 0 radical (unpaired) electrons. The van der Waals surface area contributed by atoms with Gasteiger partial charge in [0.15, 0.2) is 0 Å². The van der Waals surface area contributed by atoms with Crippen LogP contribution >= 0.6 is 11.3 Å². The maximum atomic E-state index is 13.8. The maximum Gasteiger partial charge on any atom is 0.414 e. The van der Waals surface area contributed by atoms with E-state index in [1.165, 1.54) is 24.9 Å². The smallest absolute Gasteiger partial charge is 0.414 e. The molecule has 0 aliphatic carbocycles. The highest BCUT2D eigenvalue weighted by Gasteiger charge is 2.51. The lowest BCUT2D eigenvalue weighted by atomic mass is 10.2. The van der Waals surface area contributed by atoms with Gasteiger partial charge in [0, 0.05) is 30.3 Å². The van der Waals surface area contributed by atoms with Crippen molar-refractivity contribution in [2.75, 3.05) is 25.6 Å². The standard InChI is InChI=1S/C38H46N6O9SSi/c1-24(45)51-21-28(41-32(47)30-23-54-33(43-30)25-19-39-35(40-20-25)44-36(49)53-37(2,3)4)31(46)42-29(34(48)50-8)22-52-55(38(5,6)7,26-15-11-9-12-16-26)27-17-13-10-14-18-27/h9-20,23,28-29H,21-22H2,1-8H3,(H,41,47)(H,42,46)(H,39,40,44,49). The summed E-state index contributed by atoms with van der Waals surface area (Å²) in [7, 11) is -1.94. The first-order valence-corrected chi connectivity index (χ1v) is 20.1. The van der Waals surface area contributed by atoms with E-state index in [1.807, 2.05) is 60.7 Å². The van der Waals surface area contributed by atoms with Gasteiger partial charge in [-0.2, -0.15) is 0 Å². The Labute approximate surface area is 324 Å². The van der Waals surface area contributed by atoms with E-state index in [-0.39, 0.29) is 18.2 Å². The van der Waals surface area contributed by atoms with Crippen LogP contribution in [0.1, 0.15) is 59.0 Å². The molecule has 0 spiro atoms. The average molecular weight is 791 g/mol. The third-order valence-electron chi connectivity index (χ3n) is 8.01. The Kier molecular flexibility index (Phi) is 14.0. The number of nitrogens with one attached hydrogen (secondary N) is 3. The van der Waals surface area contributed by atoms with Gasteiger partial charge < -0.3 is 29.3 Å². The first-order valence-electron chi connectivity index (χ1n) is 17.3. The molecule has 0 fully saturated rings. The lowest BCUT2D eigenvalue weighted by Gasteiger charge is -2.43. The molecule has 55 heavy (non-hydrogen) atoms. The molecule has 2 atom stereocenters. The van der Waals surface area contributed by atoms with Crippen LogP contribution in [0.15, 0.2) is 78.4 Å². The topological polar surface area (TPSA) is 197 Å². The molecule has 0 aliphatic rings. The van der Waals surface area contributed by atoms with Crippen molar-refractivity contribution in [2.24, 2.45) is 0 Å². The minimum atomic E-state index is -3.13. The van der Waals surface area contributed by atoms with Gasteiger partial charge in [0.25, 0.3) is 14.2 Å². The second-order valence-electron chi connectivity index (χ2n) is 14.3. The van der Waals surface area contributed by atoms with E-state index in [1.54, 1.807) is 20.8 Å². The van der Waals surface area contributed by atoms with Crippen molar-refractivity contribution in [2.45, 2.75) is 71.2 Å². The normalized spacial score (nSPS) is 12.8. The number of nitrogens with zero attached hydrogens (tertiary/aromatic N) is 3. The number of carbonyl (C=O) groups is 5. The van der Waals surface area contributed by atoms with E-state index >= 15 is 0 Å². The number of hydrogen-bond donors (Lipinski definition) is 3. The van der Waals surface area contributed by atoms with Crippen LogP contribution in [0.3, 0.4) is 0 Å². The molecule has 0 aliphatic heterocycles. The number of aromatic nitrogens is 3. The maximum absolute atomic E-state index is 13.8. The molecule has 4 rings (SSSR count). The van der Waals surface area contributed by atoms with E-state index in [0.29, 0.717) is 10.6 Å². The lowest BCUT2D eigenvalue weighted by Crippen LogP contribution is -2.68. The molecule has 0 saturated heterocycles. The third-order valence-corrected chi connectivity index (χ3v) is 13.9. The minimum absolute atomic E-state index is 0.00841. The van der Waals surface area contributed by atoms with Gasteiger partial charge in [-0.05, 0) is 36.2 Å². The Morgan fingerprint density at radius 3 is 1.91 bits per heavy atom. The fraction of sp³-hybridized carbons (Fsp3) is 0.368. The van der Waals surface area contributed by atoms with Gasteiger partial charge in [0.1, 0.15) is 35.0 Å². The molecule has 2 unspecified atom stereocenters. The van der Waals surface area contributed by atoms with Crippen LogP contribution in [0.25, 0.3) is 10.6 Å². The molecule has 2 aromatic heterocycles. The van der Waals surface area contributed by atoms with E-state index < -0.39 is 67.5 Å². The lowest BCUT2D eigenvalue weighted by molar-refractivity contribution is -0.148. The molecule has 292 valence electrons. The van der Waals surface area contributed by atoms with Crippen LogP contribution < -0.4 is 26.3 Å². The second-order valence-corrected chi connectivity index (χ2v) is 19.5. The average Bonchev–Trinajstić information content (AvgIpc) is 3.63. The summed E-state index contributed by atoms with van der Waals surface area (Å²) in [6, 6.07) is 16.8. The molecule has 17 heteroatoms. The van der Waals surface area contributed by atoms with Crippen molar-refractivity contribution >= 4 is 65.8 Å². The number of rotatable bonds is 14. The summed E-state index contributed by atoms with van der Waals surface area (Å²) in [6.45, 7) is 11.8. The number of esters is 2. The molecule has 3 amide bonds. The van der Waals surface area contributed by atoms with E-state index in [4.69, 9.17) is 18.6 Å². The molecular formula is C38H46N6O9SSi. The number of thiazole rings is 1. The summed E-state index contributed by atoms with van der Waals surface area (Å²) in [6.07, 6.45) is 2.11. The second kappa shape index (κ2) is 18.2. The highest BCUT2D eigenvalue weighted by atomic mass is 32.1. The van der Waals surface area contributed by atoms with Gasteiger partial charge in [0.2, 0.25) is 11.9 Å². The molecule has 3 N–H and O–H groups in total. The molecular weight excluding hydrogens is 745 g/mol. The Morgan fingerprint density at radius 1 is 0.818 bits per heavy atom. The monoisotopic (exact) mass is 790 g/mol. The van der Waals surface area contributed by atoms with Gasteiger partial charge in [0.05, 0.1) is 13.7 Å². The van der Waals surface area contributed by atoms with Crippen LogP contribution in [0.4, 0.5) is 10.7 Å². The molecule has 2 aromatic carbocycles. The molecule has 4 aromatic rings. The van der Waals surface area contributed by atoms with Gasteiger partial charge in [-0.3, -0.25) is 19.7 Å². The van der Waals surface area contributed by atoms with Crippen LogP contribution in [-0.2, 0) is 33.0 Å². The number of carbonyl (C=O) groups excluding carboxylic acids is 5. The third kappa shape index (κ3) is 11.3. The predicted molar refractivity (Wildman–Crippen MR) is 208 cm³/mol. The van der Waals surface area contributed by atoms with Crippen LogP contribution in [0, 0.1) is 0 Å². The Morgan fingerprint density at radius 2 is 1.40 bits per heavy atom. The summed E-state index contributed by atoms with van der Waals surface area (Å²) in [5, 5.41) is 11.0. The van der Waals surface area contributed by atoms with Crippen molar-refractivity contribution < 1.29 is 42.6 Å². The van der Waals surface area contributed by atoms with Crippen molar-refractivity contribution in [1.82, 2.24) is 25.6 Å². The molecule has 0 saturated carbocycles. The Bertz CT molecular complexity index is 1910. The fourth-order valence-electron chi connectivity index (χ4n) is 5.58. The van der Waals surface area contributed by atoms with Crippen LogP contribution in [0.5, 0.6) is 0 Å². The molecule has 15 nitrogen and oxygen atoms in total. The summed E-state index contributed by atoms with van der Waals surface area (Å²) >= 11 is 1.11. The summed E-state index contributed by atoms with van der Waals surface area (Å²) in [5.74, 6) is -3.03. The zero-order chi connectivity index (χ0) is 40.4. The first kappa shape index (κ1) is 42.2. The fourth-order valence-corrected chi connectivity index (χ4v) is 10.9. The quantitative estimate of drug-likeness (QED) is 0.0950. The van der Waals surface area contributed by atoms with Crippen molar-refractivity contribution in [1.29, 1.82) is 0 Å². The summed E-state index contributed by atoms with van der Waals surface area (Å²) < 4.78 is 22.3. The predicted octanol–water partition coefficient (Wildman–Crippen LogP) is 3.84. The zero-order valence-corrected chi connectivity index (χ0v) is 33.8. The van der Waals surface area contributed by atoms with Crippen molar-refractivity contribution in [3.63, 3.8) is 0 Å². The Balaban J connectivity index is 1.53. The van der Waals surface area contributed by atoms with Gasteiger partial charge in [-0.1, -0.05) is 81.4 Å². The largest absolute Gasteiger partial charge is 0.467 e. The number of anilines is 1. The minimum Gasteiger partial charge on any atom is -0.467 e. The number of ether oxygens (including phenoxy) is 3. The van der Waals surface area contributed by atoms with E-state index in [9.17, 15) is 24.0 Å². The van der Waals surface area contributed by atoms with Crippen molar-refractivity contribution in [3.05, 3.63) is 84.1 Å². The van der Waals surface area contributed by atoms with E-state index in [0.717, 1.165) is 28.6 Å². The number of amides is 3. The van der Waals surface area contributed by atoms with Crippen LogP contribution in [0.2, 0.25) is 5.04 Å². The summed E-state index contributed by atoms with van der Waals surface area (Å²) in [4.78, 5) is 76.8. The van der Waals surface area contributed by atoms with Crippen LogP contribution in [-0.4, -0.2) is 91.1 Å². The van der Waals surface area contributed by atoms with Gasteiger partial charge in [-0.25, -0.2) is 24.5 Å². The number of hydrogen-bond acceptors (Lipinski definition) is 13. The summed E-state index contributed by atoms with van der Waals surface area (Å²) in [5.41, 5.74) is -0.297. The molecule has 2 heterocycles. The van der Waals surface area contributed by atoms with Gasteiger partial charge in [-0.15, -0.1) is 11.3 Å². The van der Waals surface area contributed by atoms with E-state index in [2.05, 4.69) is 51.7 Å². The zero-order valence-electron chi connectivity index (χ0n) is 32.0.